The highest BCUT2D eigenvalue weighted by Crippen LogP contribution is 2.30. The fourth-order valence-corrected chi connectivity index (χ4v) is 2.55. The van der Waals surface area contributed by atoms with Crippen molar-refractivity contribution >= 4 is 17.8 Å². The molecule has 3 rings (SSSR count). The molecule has 30 heavy (non-hydrogen) atoms. The maximum absolute atomic E-state index is 12.1. The SMILES string of the molecule is CCc1ccc(OCC(=O)OCC(=O)NNC(=O)[C@H]2COc3ccccc3O2)cc1. The fourth-order valence-electron chi connectivity index (χ4n) is 2.55. The van der Waals surface area contributed by atoms with Gasteiger partial charge in [0.15, 0.2) is 24.7 Å². The van der Waals surface area contributed by atoms with Crippen molar-refractivity contribution in [3.63, 3.8) is 0 Å². The van der Waals surface area contributed by atoms with Crippen LogP contribution < -0.4 is 25.1 Å². The van der Waals surface area contributed by atoms with Gasteiger partial charge in [0.05, 0.1) is 0 Å². The topological polar surface area (TPSA) is 112 Å². The number of nitrogens with one attached hydrogen (secondary N) is 2. The van der Waals surface area contributed by atoms with E-state index in [4.69, 9.17) is 18.9 Å². The molecular formula is C21H22N2O7. The van der Waals surface area contributed by atoms with Crippen LogP contribution in [0.5, 0.6) is 17.2 Å². The Morgan fingerprint density at radius 1 is 1.00 bits per heavy atom. The molecule has 158 valence electrons. The smallest absolute Gasteiger partial charge is 0.344 e. The van der Waals surface area contributed by atoms with Gasteiger partial charge in [-0.2, -0.15) is 0 Å². The van der Waals surface area contributed by atoms with E-state index in [0.717, 1.165) is 12.0 Å². The van der Waals surface area contributed by atoms with E-state index in [2.05, 4.69) is 10.9 Å². The highest BCUT2D eigenvalue weighted by molar-refractivity contribution is 5.86. The summed E-state index contributed by atoms with van der Waals surface area (Å²) in [6, 6.07) is 14.2. The second-order valence-corrected chi connectivity index (χ2v) is 6.35. The average molecular weight is 414 g/mol. The Morgan fingerprint density at radius 3 is 2.47 bits per heavy atom. The van der Waals surface area contributed by atoms with Gasteiger partial charge < -0.3 is 18.9 Å². The molecule has 0 saturated carbocycles. The number of para-hydroxylation sites is 2. The number of benzene rings is 2. The van der Waals surface area contributed by atoms with E-state index in [1.165, 1.54) is 0 Å². The number of carbonyl (C=O) groups is 3. The lowest BCUT2D eigenvalue weighted by molar-refractivity contribution is -0.151. The van der Waals surface area contributed by atoms with Crippen molar-refractivity contribution < 1.29 is 33.3 Å². The number of hydrogen-bond donors (Lipinski definition) is 2. The Morgan fingerprint density at radius 2 is 1.73 bits per heavy atom. The summed E-state index contributed by atoms with van der Waals surface area (Å²) in [4.78, 5) is 35.6. The molecule has 0 unspecified atom stereocenters. The first-order chi connectivity index (χ1) is 14.5. The van der Waals surface area contributed by atoms with Gasteiger partial charge in [-0.25, -0.2) is 4.79 Å². The summed E-state index contributed by atoms with van der Waals surface area (Å²) in [5, 5.41) is 0. The third-order valence-electron chi connectivity index (χ3n) is 4.18. The van der Waals surface area contributed by atoms with Crippen LogP contribution in [0.4, 0.5) is 0 Å². The van der Waals surface area contributed by atoms with Crippen LogP contribution in [0.2, 0.25) is 0 Å². The lowest BCUT2D eigenvalue weighted by atomic mass is 10.2. The van der Waals surface area contributed by atoms with Crippen LogP contribution >= 0.6 is 0 Å². The van der Waals surface area contributed by atoms with Crippen molar-refractivity contribution in [1.82, 2.24) is 10.9 Å². The molecule has 0 radical (unpaired) electrons. The molecule has 0 spiro atoms. The number of esters is 1. The van der Waals surface area contributed by atoms with Crippen molar-refractivity contribution in [3.05, 3.63) is 54.1 Å². The predicted molar refractivity (Wildman–Crippen MR) is 105 cm³/mol. The van der Waals surface area contributed by atoms with Crippen molar-refractivity contribution in [2.24, 2.45) is 0 Å². The average Bonchev–Trinajstić information content (AvgIpc) is 2.79. The number of hydrogen-bond acceptors (Lipinski definition) is 7. The van der Waals surface area contributed by atoms with E-state index in [9.17, 15) is 14.4 Å². The largest absolute Gasteiger partial charge is 0.485 e. The first-order valence-electron chi connectivity index (χ1n) is 9.39. The van der Waals surface area contributed by atoms with Crippen molar-refractivity contribution in [1.29, 1.82) is 0 Å². The molecule has 2 amide bonds. The number of rotatable bonds is 7. The third kappa shape index (κ3) is 5.87. The Bertz CT molecular complexity index is 898. The minimum atomic E-state index is -0.921. The molecule has 9 nitrogen and oxygen atoms in total. The van der Waals surface area contributed by atoms with Crippen LogP contribution in [0, 0.1) is 0 Å². The van der Waals surface area contributed by atoms with Crippen molar-refractivity contribution in [3.8, 4) is 17.2 Å². The molecule has 0 fully saturated rings. The predicted octanol–water partition coefficient (Wildman–Crippen LogP) is 1.16. The summed E-state index contributed by atoms with van der Waals surface area (Å²) < 4.78 is 21.1. The number of hydrazine groups is 1. The lowest BCUT2D eigenvalue weighted by Gasteiger charge is -2.25. The van der Waals surface area contributed by atoms with E-state index < -0.39 is 30.5 Å². The third-order valence-corrected chi connectivity index (χ3v) is 4.18. The molecule has 1 aliphatic heterocycles. The molecule has 1 heterocycles. The summed E-state index contributed by atoms with van der Waals surface area (Å²) in [5.41, 5.74) is 5.51. The van der Waals surface area contributed by atoms with E-state index >= 15 is 0 Å². The molecule has 1 aliphatic rings. The summed E-state index contributed by atoms with van der Waals surface area (Å²) in [6.07, 6.45) is -0.0171. The molecule has 0 aromatic heterocycles. The number of amides is 2. The summed E-state index contributed by atoms with van der Waals surface area (Å²) in [5.74, 6) is -0.507. The molecular weight excluding hydrogens is 392 g/mol. The van der Waals surface area contributed by atoms with E-state index in [0.29, 0.717) is 17.2 Å². The van der Waals surface area contributed by atoms with Gasteiger partial charge in [-0.1, -0.05) is 31.2 Å². The highest BCUT2D eigenvalue weighted by atomic mass is 16.6. The van der Waals surface area contributed by atoms with Crippen molar-refractivity contribution in [2.75, 3.05) is 19.8 Å². The zero-order chi connectivity index (χ0) is 21.3. The van der Waals surface area contributed by atoms with Gasteiger partial charge in [-0.15, -0.1) is 0 Å². The Balaban J connectivity index is 1.33. The first kappa shape index (κ1) is 21.0. The summed E-state index contributed by atoms with van der Waals surface area (Å²) >= 11 is 0. The Hall–Kier alpha value is -3.75. The molecule has 2 aromatic carbocycles. The monoisotopic (exact) mass is 414 g/mol. The minimum absolute atomic E-state index is 0.00424. The fraction of sp³-hybridized carbons (Fsp3) is 0.286. The van der Waals surface area contributed by atoms with Crippen LogP contribution in [0.3, 0.4) is 0 Å². The van der Waals surface area contributed by atoms with Gasteiger partial charge in [0.25, 0.3) is 11.8 Å². The van der Waals surface area contributed by atoms with Gasteiger partial charge in [0.2, 0.25) is 6.10 Å². The van der Waals surface area contributed by atoms with Gasteiger partial charge in [0.1, 0.15) is 12.4 Å². The van der Waals surface area contributed by atoms with Gasteiger partial charge in [-0.05, 0) is 36.2 Å². The van der Waals surface area contributed by atoms with Gasteiger partial charge in [-0.3, -0.25) is 20.4 Å². The van der Waals surface area contributed by atoms with Crippen LogP contribution in [-0.4, -0.2) is 43.7 Å². The molecule has 0 saturated heterocycles. The zero-order valence-corrected chi connectivity index (χ0v) is 16.4. The van der Waals surface area contributed by atoms with Crippen LogP contribution in [0.15, 0.2) is 48.5 Å². The number of ether oxygens (including phenoxy) is 4. The van der Waals surface area contributed by atoms with E-state index in [-0.39, 0.29) is 13.2 Å². The van der Waals surface area contributed by atoms with Gasteiger partial charge in [0, 0.05) is 0 Å². The minimum Gasteiger partial charge on any atom is -0.485 e. The quantitative estimate of drug-likeness (QED) is 0.516. The van der Waals surface area contributed by atoms with Crippen LogP contribution in [-0.2, 0) is 25.5 Å². The zero-order valence-electron chi connectivity index (χ0n) is 16.4. The summed E-state index contributed by atoms with van der Waals surface area (Å²) in [7, 11) is 0. The second kappa shape index (κ2) is 10.1. The van der Waals surface area contributed by atoms with Crippen LogP contribution in [0.1, 0.15) is 12.5 Å². The maximum Gasteiger partial charge on any atom is 0.344 e. The Kier molecular flexibility index (Phi) is 7.09. The van der Waals surface area contributed by atoms with Crippen LogP contribution in [0.25, 0.3) is 0 Å². The molecule has 0 bridgehead atoms. The molecule has 0 aliphatic carbocycles. The highest BCUT2D eigenvalue weighted by Gasteiger charge is 2.27. The molecule has 2 aromatic rings. The standard InChI is InChI=1S/C21H22N2O7/c1-2-14-7-9-15(10-8-14)27-13-20(25)29-12-19(24)22-23-21(26)18-11-28-16-5-3-4-6-17(16)30-18/h3-10,18H,2,11-13H2,1H3,(H,22,24)(H,23,26)/t18-/m1/s1. The molecule has 2 N–H and O–H groups in total. The Labute approximate surface area is 173 Å². The summed E-state index contributed by atoms with van der Waals surface area (Å²) in [6.45, 7) is 1.14. The van der Waals surface area contributed by atoms with E-state index in [1.54, 1.807) is 36.4 Å². The number of carbonyl (C=O) groups excluding carboxylic acids is 3. The first-order valence-corrected chi connectivity index (χ1v) is 9.39. The number of fused-ring (bicyclic) bond motifs is 1. The second-order valence-electron chi connectivity index (χ2n) is 6.35. The van der Waals surface area contributed by atoms with Gasteiger partial charge >= 0.3 is 5.97 Å². The maximum atomic E-state index is 12.1. The lowest BCUT2D eigenvalue weighted by Crippen LogP contribution is -2.51. The molecule has 1 atom stereocenters. The van der Waals surface area contributed by atoms with E-state index in [1.807, 2.05) is 19.1 Å². The number of aryl methyl sites for hydroxylation is 1. The normalized spacial score (nSPS) is 14.4. The van der Waals surface area contributed by atoms with Crippen molar-refractivity contribution in [2.45, 2.75) is 19.4 Å². The molecule has 9 heteroatoms.